The van der Waals surface area contributed by atoms with Crippen molar-refractivity contribution in [3.05, 3.63) is 18.3 Å². The van der Waals surface area contributed by atoms with Crippen LogP contribution in [-0.2, 0) is 9.59 Å². The summed E-state index contributed by atoms with van der Waals surface area (Å²) in [4.78, 5) is 26.3. The number of carbonyl (C=O) groups is 2. The zero-order valence-electron chi connectivity index (χ0n) is 12.1. The normalized spacial score (nSPS) is 10.2. The van der Waals surface area contributed by atoms with Gasteiger partial charge in [0, 0.05) is 19.5 Å². The van der Waals surface area contributed by atoms with Crippen LogP contribution in [0.15, 0.2) is 18.3 Å². The summed E-state index contributed by atoms with van der Waals surface area (Å²) in [7, 11) is 0. The van der Waals surface area contributed by atoms with Gasteiger partial charge in [-0.05, 0) is 18.4 Å². The predicted molar refractivity (Wildman–Crippen MR) is 76.5 cm³/mol. The number of amides is 2. The Labute approximate surface area is 118 Å². The lowest BCUT2D eigenvalue weighted by Gasteiger charge is -2.08. The van der Waals surface area contributed by atoms with Gasteiger partial charge in [-0.2, -0.15) is 0 Å². The third-order valence-corrected chi connectivity index (χ3v) is 2.45. The molecule has 2 amide bonds. The van der Waals surface area contributed by atoms with E-state index in [1.807, 2.05) is 0 Å². The predicted octanol–water partition coefficient (Wildman–Crippen LogP) is 1.58. The summed E-state index contributed by atoms with van der Waals surface area (Å²) in [5.74, 6) is 0.570. The van der Waals surface area contributed by atoms with Gasteiger partial charge in [-0.25, -0.2) is 4.98 Å². The smallest absolute Gasteiger partial charge is 0.258 e. The van der Waals surface area contributed by atoms with E-state index in [4.69, 9.17) is 4.74 Å². The standard InChI is InChI=1S/C14H21N3O3/c1-10(2)6-7-15-13(19)9-20-14-5-4-12(8-16-14)17-11(3)18/h4-5,8,10H,6-7,9H2,1-3H3,(H,15,19)(H,17,18). The van der Waals surface area contributed by atoms with Gasteiger partial charge in [-0.15, -0.1) is 0 Å². The van der Waals surface area contributed by atoms with E-state index in [2.05, 4.69) is 29.5 Å². The molecule has 0 aromatic carbocycles. The van der Waals surface area contributed by atoms with E-state index in [1.165, 1.54) is 13.1 Å². The van der Waals surface area contributed by atoms with E-state index < -0.39 is 0 Å². The van der Waals surface area contributed by atoms with Gasteiger partial charge < -0.3 is 15.4 Å². The molecule has 6 nitrogen and oxygen atoms in total. The van der Waals surface area contributed by atoms with Crippen molar-refractivity contribution in [1.82, 2.24) is 10.3 Å². The lowest BCUT2D eigenvalue weighted by molar-refractivity contribution is -0.123. The van der Waals surface area contributed by atoms with Crippen molar-refractivity contribution < 1.29 is 14.3 Å². The number of nitrogens with zero attached hydrogens (tertiary/aromatic N) is 1. The summed E-state index contributed by atoms with van der Waals surface area (Å²) < 4.78 is 5.25. The van der Waals surface area contributed by atoms with Gasteiger partial charge in [0.2, 0.25) is 11.8 Å². The molecule has 1 aromatic rings. The zero-order valence-corrected chi connectivity index (χ0v) is 12.1. The van der Waals surface area contributed by atoms with Crippen molar-refractivity contribution in [3.63, 3.8) is 0 Å². The zero-order chi connectivity index (χ0) is 15.0. The minimum Gasteiger partial charge on any atom is -0.468 e. The average Bonchev–Trinajstić information content (AvgIpc) is 2.37. The van der Waals surface area contributed by atoms with Crippen molar-refractivity contribution in [1.29, 1.82) is 0 Å². The van der Waals surface area contributed by atoms with Gasteiger partial charge in [-0.3, -0.25) is 9.59 Å². The van der Waals surface area contributed by atoms with Crippen molar-refractivity contribution in [2.24, 2.45) is 5.92 Å². The minimum absolute atomic E-state index is 0.0649. The van der Waals surface area contributed by atoms with Crippen LogP contribution in [0.5, 0.6) is 5.88 Å². The third-order valence-electron chi connectivity index (χ3n) is 2.45. The maximum atomic E-state index is 11.5. The number of carbonyl (C=O) groups excluding carboxylic acids is 2. The molecule has 0 saturated heterocycles. The molecule has 0 aliphatic heterocycles. The fourth-order valence-electron chi connectivity index (χ4n) is 1.43. The molecule has 1 heterocycles. The number of anilines is 1. The fraction of sp³-hybridized carbons (Fsp3) is 0.500. The van der Waals surface area contributed by atoms with E-state index in [-0.39, 0.29) is 18.4 Å². The summed E-state index contributed by atoms with van der Waals surface area (Å²) in [6.45, 7) is 6.21. The summed E-state index contributed by atoms with van der Waals surface area (Å²) in [5, 5.41) is 5.37. The molecular formula is C14H21N3O3. The highest BCUT2D eigenvalue weighted by Crippen LogP contribution is 2.11. The van der Waals surface area contributed by atoms with Gasteiger partial charge in [0.25, 0.3) is 5.91 Å². The number of pyridine rings is 1. The summed E-state index contributed by atoms with van der Waals surface area (Å²) >= 11 is 0. The van der Waals surface area contributed by atoms with Gasteiger partial charge in [0.05, 0.1) is 11.9 Å². The molecule has 1 aromatic heterocycles. The fourth-order valence-corrected chi connectivity index (χ4v) is 1.43. The van der Waals surface area contributed by atoms with Crippen LogP contribution >= 0.6 is 0 Å². The second-order valence-corrected chi connectivity index (χ2v) is 4.89. The lowest BCUT2D eigenvalue weighted by atomic mass is 10.1. The number of rotatable bonds is 7. The Morgan fingerprint density at radius 3 is 2.65 bits per heavy atom. The SMILES string of the molecule is CC(=O)Nc1ccc(OCC(=O)NCCC(C)C)nc1. The van der Waals surface area contributed by atoms with Crippen LogP contribution in [0.2, 0.25) is 0 Å². The molecule has 0 atom stereocenters. The minimum atomic E-state index is -0.168. The van der Waals surface area contributed by atoms with Crippen molar-refractivity contribution >= 4 is 17.5 Å². The third kappa shape index (κ3) is 6.72. The lowest BCUT2D eigenvalue weighted by Crippen LogP contribution is -2.30. The van der Waals surface area contributed by atoms with E-state index in [9.17, 15) is 9.59 Å². The first-order valence-electron chi connectivity index (χ1n) is 6.60. The molecule has 6 heteroatoms. The second kappa shape index (κ2) is 8.14. The molecule has 2 N–H and O–H groups in total. The Kier molecular flexibility index (Phi) is 6.49. The quantitative estimate of drug-likeness (QED) is 0.794. The maximum absolute atomic E-state index is 11.5. The van der Waals surface area contributed by atoms with Gasteiger partial charge in [0.1, 0.15) is 0 Å². The van der Waals surface area contributed by atoms with Gasteiger partial charge in [-0.1, -0.05) is 13.8 Å². The van der Waals surface area contributed by atoms with Crippen molar-refractivity contribution in [3.8, 4) is 5.88 Å². The van der Waals surface area contributed by atoms with Gasteiger partial charge >= 0.3 is 0 Å². The van der Waals surface area contributed by atoms with E-state index in [0.717, 1.165) is 6.42 Å². The number of ether oxygens (including phenoxy) is 1. The van der Waals surface area contributed by atoms with Crippen LogP contribution in [-0.4, -0.2) is 29.9 Å². The molecule has 0 radical (unpaired) electrons. The number of hydrogen-bond donors (Lipinski definition) is 2. The molecular weight excluding hydrogens is 258 g/mol. The summed E-state index contributed by atoms with van der Waals surface area (Å²) in [6.07, 6.45) is 2.42. The first kappa shape index (κ1) is 15.9. The van der Waals surface area contributed by atoms with Crippen LogP contribution in [0.4, 0.5) is 5.69 Å². The van der Waals surface area contributed by atoms with Crippen LogP contribution in [0, 0.1) is 5.92 Å². The molecule has 0 aliphatic carbocycles. The molecule has 110 valence electrons. The Hall–Kier alpha value is -2.11. The van der Waals surface area contributed by atoms with Crippen LogP contribution in [0.25, 0.3) is 0 Å². The van der Waals surface area contributed by atoms with Crippen molar-refractivity contribution in [2.75, 3.05) is 18.5 Å². The van der Waals surface area contributed by atoms with Crippen molar-refractivity contribution in [2.45, 2.75) is 27.2 Å². The Balaban J connectivity index is 2.30. The molecule has 0 spiro atoms. The maximum Gasteiger partial charge on any atom is 0.258 e. The summed E-state index contributed by atoms with van der Waals surface area (Å²) in [6, 6.07) is 3.27. The first-order chi connectivity index (χ1) is 9.47. The van der Waals surface area contributed by atoms with Gasteiger partial charge in [0.15, 0.2) is 6.61 Å². The largest absolute Gasteiger partial charge is 0.468 e. The van der Waals surface area contributed by atoms with E-state index in [1.54, 1.807) is 12.1 Å². The molecule has 1 rings (SSSR count). The van der Waals surface area contributed by atoms with Crippen LogP contribution < -0.4 is 15.4 Å². The summed E-state index contributed by atoms with van der Waals surface area (Å²) in [5.41, 5.74) is 0.589. The molecule has 0 fully saturated rings. The van der Waals surface area contributed by atoms with Crippen LogP contribution in [0.3, 0.4) is 0 Å². The topological polar surface area (TPSA) is 80.3 Å². The molecule has 0 unspecified atom stereocenters. The number of nitrogens with one attached hydrogen (secondary N) is 2. The second-order valence-electron chi connectivity index (χ2n) is 4.89. The molecule has 0 bridgehead atoms. The Bertz CT molecular complexity index is 443. The van der Waals surface area contributed by atoms with E-state index >= 15 is 0 Å². The molecule has 0 saturated carbocycles. The first-order valence-corrected chi connectivity index (χ1v) is 6.60. The molecule has 0 aliphatic rings. The Morgan fingerprint density at radius 1 is 1.35 bits per heavy atom. The highest BCUT2D eigenvalue weighted by molar-refractivity contribution is 5.88. The van der Waals surface area contributed by atoms with E-state index in [0.29, 0.717) is 24.0 Å². The number of aromatic nitrogens is 1. The number of hydrogen-bond acceptors (Lipinski definition) is 4. The highest BCUT2D eigenvalue weighted by Gasteiger charge is 2.04. The average molecular weight is 279 g/mol. The Morgan fingerprint density at radius 2 is 2.10 bits per heavy atom. The highest BCUT2D eigenvalue weighted by atomic mass is 16.5. The monoisotopic (exact) mass is 279 g/mol. The van der Waals surface area contributed by atoms with Crippen LogP contribution in [0.1, 0.15) is 27.2 Å². The molecule has 20 heavy (non-hydrogen) atoms.